The Morgan fingerprint density at radius 1 is 0.946 bits per heavy atom. The molecule has 0 amide bonds. The first-order valence-electron chi connectivity index (χ1n) is 12.4. The van der Waals surface area contributed by atoms with Crippen molar-refractivity contribution in [2.24, 2.45) is 11.8 Å². The maximum Gasteiger partial charge on any atom is 0.269 e. The van der Waals surface area contributed by atoms with Crippen LogP contribution in [0.4, 0.5) is 5.69 Å². The highest BCUT2D eigenvalue weighted by atomic mass is 32.2. The molecule has 1 aromatic heterocycles. The standard InChI is InChI=1S/C28H24N2O6S/c31-27-24-21-9-5-4-8-18(21)10-15-22(24)26-25(28(27)32)23(17-6-2-1-3-7-17)16-29(26)37(35,36)20-13-11-19(12-14-20)30(33)34/h1-3,6-7,10-14,16,21-22,24H,4-5,8-9,15H2. The lowest BCUT2D eigenvalue weighted by molar-refractivity contribution is -0.384. The number of nitro benzene ring substituents is 1. The lowest BCUT2D eigenvalue weighted by Crippen LogP contribution is -2.43. The molecule has 37 heavy (non-hydrogen) atoms. The molecule has 0 N–H and O–H groups in total. The normalized spacial score (nSPS) is 23.0. The van der Waals surface area contributed by atoms with Crippen LogP contribution in [0.25, 0.3) is 11.1 Å². The number of non-ortho nitro benzene ring substituents is 1. The van der Waals surface area contributed by atoms with Crippen molar-refractivity contribution in [2.45, 2.75) is 42.9 Å². The summed E-state index contributed by atoms with van der Waals surface area (Å²) in [6.07, 6.45) is 7.78. The van der Waals surface area contributed by atoms with Crippen molar-refractivity contribution in [1.82, 2.24) is 3.97 Å². The molecule has 9 heteroatoms. The number of nitro groups is 1. The maximum absolute atomic E-state index is 14.0. The molecule has 1 heterocycles. The minimum atomic E-state index is -4.22. The summed E-state index contributed by atoms with van der Waals surface area (Å²) in [6.45, 7) is 0. The molecule has 1 fully saturated rings. The quantitative estimate of drug-likeness (QED) is 0.201. The molecule has 0 saturated heterocycles. The molecule has 0 radical (unpaired) electrons. The second-order valence-corrected chi connectivity index (χ2v) is 11.7. The minimum Gasteiger partial charge on any atom is -0.290 e. The Hall–Kier alpha value is -3.85. The third-order valence-corrected chi connectivity index (χ3v) is 9.70. The van der Waals surface area contributed by atoms with Gasteiger partial charge < -0.3 is 0 Å². The number of hydrogen-bond donors (Lipinski definition) is 0. The Kier molecular flexibility index (Phi) is 5.49. The predicted octanol–water partition coefficient (Wildman–Crippen LogP) is 5.29. The van der Waals surface area contributed by atoms with E-state index in [9.17, 15) is 28.1 Å². The number of aromatic nitrogens is 1. The summed E-state index contributed by atoms with van der Waals surface area (Å²) in [7, 11) is -4.22. The highest BCUT2D eigenvalue weighted by Crippen LogP contribution is 2.52. The van der Waals surface area contributed by atoms with Crippen molar-refractivity contribution in [1.29, 1.82) is 0 Å². The van der Waals surface area contributed by atoms with Crippen molar-refractivity contribution < 1.29 is 22.9 Å². The van der Waals surface area contributed by atoms with E-state index in [-0.39, 0.29) is 22.1 Å². The highest BCUT2D eigenvalue weighted by molar-refractivity contribution is 7.90. The number of fused-ring (bicyclic) bond motifs is 5. The summed E-state index contributed by atoms with van der Waals surface area (Å²) < 4.78 is 29.1. The second-order valence-electron chi connectivity index (χ2n) is 9.91. The van der Waals surface area contributed by atoms with Crippen LogP contribution in [0.2, 0.25) is 0 Å². The topological polar surface area (TPSA) is 116 Å². The molecular weight excluding hydrogens is 492 g/mol. The van der Waals surface area contributed by atoms with Gasteiger partial charge in [-0.1, -0.05) is 48.4 Å². The lowest BCUT2D eigenvalue weighted by atomic mass is 9.61. The van der Waals surface area contributed by atoms with Gasteiger partial charge in [-0.15, -0.1) is 0 Å². The number of benzene rings is 2. The predicted molar refractivity (Wildman–Crippen MR) is 136 cm³/mol. The van der Waals surface area contributed by atoms with E-state index in [2.05, 4.69) is 6.08 Å². The number of Topliss-reactive ketones (excluding diaryl/α,β-unsaturated/α-hetero) is 2. The van der Waals surface area contributed by atoms with Gasteiger partial charge in [-0.3, -0.25) is 19.7 Å². The fraction of sp³-hybridized carbons (Fsp3) is 0.286. The summed E-state index contributed by atoms with van der Waals surface area (Å²) >= 11 is 0. The molecular formula is C28H24N2O6S. The van der Waals surface area contributed by atoms with Gasteiger partial charge in [0.05, 0.1) is 21.1 Å². The molecule has 8 nitrogen and oxygen atoms in total. The van der Waals surface area contributed by atoms with Crippen LogP contribution in [-0.4, -0.2) is 28.9 Å². The van der Waals surface area contributed by atoms with Gasteiger partial charge in [0.1, 0.15) is 0 Å². The fourth-order valence-electron chi connectivity index (χ4n) is 6.33. The van der Waals surface area contributed by atoms with Crippen LogP contribution in [0.15, 0.2) is 77.3 Å². The first kappa shape index (κ1) is 23.5. The van der Waals surface area contributed by atoms with Crippen LogP contribution in [0.5, 0.6) is 0 Å². The largest absolute Gasteiger partial charge is 0.290 e. The van der Waals surface area contributed by atoms with Gasteiger partial charge in [0.15, 0.2) is 0 Å². The van der Waals surface area contributed by atoms with Crippen LogP contribution < -0.4 is 0 Å². The summed E-state index contributed by atoms with van der Waals surface area (Å²) in [5.41, 5.74) is 2.51. The van der Waals surface area contributed by atoms with Gasteiger partial charge in [0.25, 0.3) is 15.7 Å². The van der Waals surface area contributed by atoms with Gasteiger partial charge >= 0.3 is 0 Å². The number of allylic oxidation sites excluding steroid dienone is 2. The van der Waals surface area contributed by atoms with Crippen molar-refractivity contribution in [3.63, 3.8) is 0 Å². The molecule has 0 aliphatic heterocycles. The Bertz CT molecular complexity index is 1590. The zero-order valence-corrected chi connectivity index (χ0v) is 20.7. The van der Waals surface area contributed by atoms with E-state index in [4.69, 9.17) is 0 Å². The molecule has 2 aromatic carbocycles. The number of ketones is 2. The minimum absolute atomic E-state index is 0.0531. The molecule has 6 rings (SSSR count). The molecule has 3 atom stereocenters. The molecule has 1 saturated carbocycles. The van der Waals surface area contributed by atoms with Crippen LogP contribution in [-0.2, 0) is 14.8 Å². The fourth-order valence-corrected chi connectivity index (χ4v) is 7.77. The first-order valence-corrected chi connectivity index (χ1v) is 13.8. The molecule has 188 valence electrons. The lowest BCUT2D eigenvalue weighted by Gasteiger charge is -2.42. The van der Waals surface area contributed by atoms with E-state index in [1.54, 1.807) is 24.3 Å². The smallest absolute Gasteiger partial charge is 0.269 e. The molecule has 3 aromatic rings. The third kappa shape index (κ3) is 3.60. The first-order chi connectivity index (χ1) is 17.8. The Balaban J connectivity index is 1.59. The summed E-state index contributed by atoms with van der Waals surface area (Å²) in [5.74, 6) is -2.15. The number of carbonyl (C=O) groups is 2. The van der Waals surface area contributed by atoms with E-state index in [0.717, 1.165) is 41.8 Å². The van der Waals surface area contributed by atoms with Crippen molar-refractivity contribution in [3.05, 3.63) is 93.8 Å². The number of rotatable bonds is 4. The Morgan fingerprint density at radius 2 is 1.68 bits per heavy atom. The van der Waals surface area contributed by atoms with Crippen molar-refractivity contribution in [3.8, 4) is 11.1 Å². The van der Waals surface area contributed by atoms with Crippen molar-refractivity contribution >= 4 is 27.3 Å². The van der Waals surface area contributed by atoms with Crippen molar-refractivity contribution in [2.75, 3.05) is 0 Å². The van der Waals surface area contributed by atoms with E-state index in [0.29, 0.717) is 23.2 Å². The van der Waals surface area contributed by atoms with Crippen LogP contribution in [0.3, 0.4) is 0 Å². The van der Waals surface area contributed by atoms with Gasteiger partial charge in [-0.25, -0.2) is 12.4 Å². The maximum atomic E-state index is 14.0. The molecule has 3 unspecified atom stereocenters. The average molecular weight is 517 g/mol. The van der Waals surface area contributed by atoms with Crippen LogP contribution >= 0.6 is 0 Å². The second kappa shape index (κ2) is 8.62. The molecule has 0 bridgehead atoms. The van der Waals surface area contributed by atoms with E-state index >= 15 is 0 Å². The summed E-state index contributed by atoms with van der Waals surface area (Å²) in [6, 6.07) is 13.7. The highest BCUT2D eigenvalue weighted by Gasteiger charge is 2.51. The monoisotopic (exact) mass is 516 g/mol. The SMILES string of the molecule is O=C1C(=O)C2C3CCCCC3=CCC2c2c1c(-c1ccccc1)cn2S(=O)(=O)c1ccc([N+](=O)[O-])cc1. The van der Waals surface area contributed by atoms with E-state index in [1.807, 2.05) is 6.07 Å². The third-order valence-electron chi connectivity index (χ3n) is 8.01. The summed E-state index contributed by atoms with van der Waals surface area (Å²) in [4.78, 5) is 37.7. The average Bonchev–Trinajstić information content (AvgIpc) is 3.33. The molecule has 0 spiro atoms. The number of hydrogen-bond acceptors (Lipinski definition) is 6. The Morgan fingerprint density at radius 3 is 2.38 bits per heavy atom. The summed E-state index contributed by atoms with van der Waals surface area (Å²) in [5, 5.41) is 11.1. The van der Waals surface area contributed by atoms with Gasteiger partial charge in [0, 0.05) is 35.7 Å². The molecule has 3 aliphatic rings. The molecule has 3 aliphatic carbocycles. The Labute approximate surface area is 213 Å². The number of carbonyl (C=O) groups excluding carboxylic acids is 2. The van der Waals surface area contributed by atoms with E-state index in [1.165, 1.54) is 23.9 Å². The zero-order valence-electron chi connectivity index (χ0n) is 19.9. The van der Waals surface area contributed by atoms with Crippen LogP contribution in [0, 0.1) is 22.0 Å². The number of nitrogens with zero attached hydrogens (tertiary/aromatic N) is 2. The van der Waals surface area contributed by atoms with E-state index < -0.39 is 38.3 Å². The van der Waals surface area contributed by atoms with Crippen LogP contribution in [0.1, 0.15) is 54.1 Å². The van der Waals surface area contributed by atoms with Gasteiger partial charge in [0.2, 0.25) is 11.6 Å². The van der Waals surface area contributed by atoms with Gasteiger partial charge in [-0.2, -0.15) is 0 Å². The van der Waals surface area contributed by atoms with Gasteiger partial charge in [-0.05, 0) is 49.3 Å². The zero-order chi connectivity index (χ0) is 25.9.